The molecule has 0 aliphatic rings. The zero-order valence-electron chi connectivity index (χ0n) is 22.3. The molecule has 0 unspecified atom stereocenters. The summed E-state index contributed by atoms with van der Waals surface area (Å²) in [6.07, 6.45) is 2.45. The van der Waals surface area contributed by atoms with E-state index in [1.54, 1.807) is 6.33 Å². The van der Waals surface area contributed by atoms with Gasteiger partial charge in [-0.1, -0.05) is 48.5 Å². The van der Waals surface area contributed by atoms with Gasteiger partial charge < -0.3 is 9.13 Å². The van der Waals surface area contributed by atoms with Gasteiger partial charge in [0, 0.05) is 19.6 Å². The van der Waals surface area contributed by atoms with Crippen LogP contribution in [0.4, 0.5) is 0 Å². The average Bonchev–Trinajstić information content (AvgIpc) is 3.24. The van der Waals surface area contributed by atoms with Gasteiger partial charge in [-0.05, 0) is 24.2 Å². The maximum Gasteiger partial charge on any atom is 0.330 e. The third-order valence-electron chi connectivity index (χ3n) is 5.31. The van der Waals surface area contributed by atoms with E-state index in [-0.39, 0.29) is 22.1 Å². The van der Waals surface area contributed by atoms with Crippen LogP contribution in [-0.4, -0.2) is 38.6 Å². The SMILES string of the molecule is CCCn1c(=O)[nH]c(=O)c2c1ncn2CC(C)(C)C.Cc1nc2[nH]c(=O)[nH]c(=O)c2n1CC(C)(C)C. The van der Waals surface area contributed by atoms with Crippen LogP contribution in [0.15, 0.2) is 25.5 Å². The summed E-state index contributed by atoms with van der Waals surface area (Å²) in [6, 6.07) is 0. The van der Waals surface area contributed by atoms with Gasteiger partial charge in [-0.3, -0.25) is 29.1 Å². The van der Waals surface area contributed by atoms with Crippen LogP contribution in [0, 0.1) is 17.8 Å². The second-order valence-corrected chi connectivity index (χ2v) is 11.4. The van der Waals surface area contributed by atoms with Gasteiger partial charge in [-0.15, -0.1) is 0 Å². The zero-order chi connectivity index (χ0) is 27.0. The Balaban J connectivity index is 0.000000202. The highest BCUT2D eigenvalue weighted by molar-refractivity contribution is 5.70. The largest absolute Gasteiger partial charge is 0.330 e. The first-order chi connectivity index (χ1) is 16.6. The second kappa shape index (κ2) is 9.75. The van der Waals surface area contributed by atoms with E-state index >= 15 is 0 Å². The molecule has 4 aromatic heterocycles. The van der Waals surface area contributed by atoms with Crippen LogP contribution in [0.5, 0.6) is 0 Å². The van der Waals surface area contributed by atoms with E-state index < -0.39 is 11.2 Å². The molecule has 0 atom stereocenters. The van der Waals surface area contributed by atoms with Gasteiger partial charge in [0.15, 0.2) is 22.3 Å². The molecule has 4 rings (SSSR count). The first-order valence-electron chi connectivity index (χ1n) is 12.0. The molecule has 0 radical (unpaired) electrons. The Morgan fingerprint density at radius 2 is 1.44 bits per heavy atom. The number of fused-ring (bicyclic) bond motifs is 2. The molecule has 0 amide bonds. The quantitative estimate of drug-likeness (QED) is 0.390. The summed E-state index contributed by atoms with van der Waals surface area (Å²) in [6.45, 7) is 18.2. The Bertz CT molecular complexity index is 1610. The predicted octanol–water partition coefficient (Wildman–Crippen LogP) is 2.11. The maximum atomic E-state index is 12.0. The molecule has 0 bridgehead atoms. The number of aromatic nitrogens is 8. The Labute approximate surface area is 207 Å². The Morgan fingerprint density at radius 1 is 0.833 bits per heavy atom. The van der Waals surface area contributed by atoms with Crippen molar-refractivity contribution in [3.63, 3.8) is 0 Å². The van der Waals surface area contributed by atoms with Gasteiger partial charge in [-0.25, -0.2) is 19.6 Å². The molecular formula is C24H36N8O4. The molecule has 4 heterocycles. The highest BCUT2D eigenvalue weighted by Gasteiger charge is 2.19. The fourth-order valence-electron chi connectivity index (χ4n) is 4.03. The highest BCUT2D eigenvalue weighted by atomic mass is 16.2. The standard InChI is InChI=1S/C13H20N4O2.C11H16N4O2/c1-5-6-17-10-9(11(18)15-12(17)19)16(8-14-10)7-13(2,3)4;1-6-12-8-7(9(16)14-10(17)13-8)15(6)5-11(2,3)4/h8H,5-7H2,1-4H3,(H,15,18,19);5H2,1-4H3,(H2,13,14,16,17). The van der Waals surface area contributed by atoms with E-state index in [2.05, 4.69) is 66.5 Å². The van der Waals surface area contributed by atoms with Crippen LogP contribution in [0.3, 0.4) is 0 Å². The van der Waals surface area contributed by atoms with Crippen molar-refractivity contribution < 1.29 is 0 Å². The van der Waals surface area contributed by atoms with Gasteiger partial charge in [0.25, 0.3) is 11.1 Å². The van der Waals surface area contributed by atoms with Crippen molar-refractivity contribution in [1.82, 2.24) is 38.6 Å². The predicted molar refractivity (Wildman–Crippen MR) is 140 cm³/mol. The molecule has 0 aliphatic carbocycles. The number of nitrogens with one attached hydrogen (secondary N) is 3. The number of imidazole rings is 2. The lowest BCUT2D eigenvalue weighted by Gasteiger charge is -2.20. The molecule has 3 N–H and O–H groups in total. The molecular weight excluding hydrogens is 464 g/mol. The summed E-state index contributed by atoms with van der Waals surface area (Å²) in [7, 11) is 0. The fraction of sp³-hybridized carbons (Fsp3) is 0.583. The Hall–Kier alpha value is -3.70. The van der Waals surface area contributed by atoms with Crippen molar-refractivity contribution in [2.45, 2.75) is 81.4 Å². The van der Waals surface area contributed by atoms with Crippen LogP contribution in [0.1, 0.15) is 60.7 Å². The highest BCUT2D eigenvalue weighted by Crippen LogP contribution is 2.20. The number of rotatable bonds is 4. The lowest BCUT2D eigenvalue weighted by Crippen LogP contribution is -2.31. The van der Waals surface area contributed by atoms with Crippen molar-refractivity contribution in [1.29, 1.82) is 0 Å². The molecule has 12 heteroatoms. The number of hydrogen-bond acceptors (Lipinski definition) is 6. The van der Waals surface area contributed by atoms with Crippen molar-refractivity contribution in [2.75, 3.05) is 0 Å². The van der Waals surface area contributed by atoms with Crippen molar-refractivity contribution in [3.05, 3.63) is 53.8 Å². The van der Waals surface area contributed by atoms with E-state index in [4.69, 9.17) is 0 Å². The third kappa shape index (κ3) is 5.92. The summed E-state index contributed by atoms with van der Waals surface area (Å²) in [5, 5.41) is 0. The van der Waals surface area contributed by atoms with Gasteiger partial charge in [0.2, 0.25) is 0 Å². The molecule has 36 heavy (non-hydrogen) atoms. The van der Waals surface area contributed by atoms with Gasteiger partial charge >= 0.3 is 11.4 Å². The summed E-state index contributed by atoms with van der Waals surface area (Å²) in [4.78, 5) is 62.3. The maximum absolute atomic E-state index is 12.0. The number of aromatic amines is 3. The number of aryl methyl sites for hydroxylation is 2. The molecule has 0 saturated heterocycles. The van der Waals surface area contributed by atoms with E-state index in [0.717, 1.165) is 12.2 Å². The Morgan fingerprint density at radius 3 is 2.03 bits per heavy atom. The van der Waals surface area contributed by atoms with Crippen LogP contribution in [-0.2, 0) is 19.6 Å². The van der Waals surface area contributed by atoms with Crippen molar-refractivity contribution in [2.24, 2.45) is 10.8 Å². The average molecular weight is 501 g/mol. The monoisotopic (exact) mass is 500 g/mol. The molecule has 0 aliphatic heterocycles. The zero-order valence-corrected chi connectivity index (χ0v) is 22.3. The minimum absolute atomic E-state index is 0.0287. The van der Waals surface area contributed by atoms with Gasteiger partial charge in [0.05, 0.1) is 6.33 Å². The fourth-order valence-corrected chi connectivity index (χ4v) is 4.03. The second-order valence-electron chi connectivity index (χ2n) is 11.4. The topological polar surface area (TPSA) is 156 Å². The molecule has 12 nitrogen and oxygen atoms in total. The summed E-state index contributed by atoms with van der Waals surface area (Å²) in [5.41, 5.74) is 0.110. The third-order valence-corrected chi connectivity index (χ3v) is 5.31. The summed E-state index contributed by atoms with van der Waals surface area (Å²) < 4.78 is 5.18. The lowest BCUT2D eigenvalue weighted by atomic mass is 9.97. The molecule has 0 aromatic carbocycles. The first-order valence-corrected chi connectivity index (χ1v) is 12.0. The van der Waals surface area contributed by atoms with Gasteiger partial charge in [0.1, 0.15) is 5.82 Å². The normalized spacial score (nSPS) is 12.2. The Kier molecular flexibility index (Phi) is 7.28. The lowest BCUT2D eigenvalue weighted by molar-refractivity contribution is 0.344. The molecule has 0 fully saturated rings. The minimum Gasteiger partial charge on any atom is -0.324 e. The minimum atomic E-state index is -0.525. The number of hydrogen-bond donors (Lipinski definition) is 3. The summed E-state index contributed by atoms with van der Waals surface area (Å²) in [5.74, 6) is 0.724. The molecule has 196 valence electrons. The van der Waals surface area contributed by atoms with Crippen LogP contribution in [0.2, 0.25) is 0 Å². The van der Waals surface area contributed by atoms with Crippen molar-refractivity contribution in [3.8, 4) is 0 Å². The van der Waals surface area contributed by atoms with E-state index in [1.165, 1.54) is 4.57 Å². The molecule has 0 saturated carbocycles. The number of nitrogens with zero attached hydrogens (tertiary/aromatic N) is 5. The van der Waals surface area contributed by atoms with E-state index in [0.29, 0.717) is 42.0 Å². The van der Waals surface area contributed by atoms with Gasteiger partial charge in [-0.2, -0.15) is 0 Å². The molecule has 0 spiro atoms. The van der Waals surface area contributed by atoms with E-state index in [9.17, 15) is 19.2 Å². The van der Waals surface area contributed by atoms with Crippen LogP contribution < -0.4 is 22.5 Å². The smallest absolute Gasteiger partial charge is 0.324 e. The first kappa shape index (κ1) is 26.9. The number of H-pyrrole nitrogens is 3. The molecule has 4 aromatic rings. The summed E-state index contributed by atoms with van der Waals surface area (Å²) >= 11 is 0. The van der Waals surface area contributed by atoms with Crippen molar-refractivity contribution >= 4 is 22.3 Å². The van der Waals surface area contributed by atoms with E-state index in [1.807, 2.05) is 23.0 Å². The van der Waals surface area contributed by atoms with Crippen LogP contribution >= 0.6 is 0 Å². The van der Waals surface area contributed by atoms with Crippen LogP contribution in [0.25, 0.3) is 22.3 Å².